The van der Waals surface area contributed by atoms with Crippen LogP contribution in [0.25, 0.3) is 0 Å². The molecule has 0 heterocycles. The van der Waals surface area contributed by atoms with Crippen LogP contribution in [-0.4, -0.2) is 9.25 Å². The van der Waals surface area contributed by atoms with E-state index in [4.69, 9.17) is 0 Å². The van der Waals surface area contributed by atoms with E-state index in [0.717, 1.165) is 15.8 Å². The smallest absolute Gasteiger partial charge is 0.0120 e. The van der Waals surface area contributed by atoms with E-state index >= 15 is 0 Å². The van der Waals surface area contributed by atoms with Crippen LogP contribution in [-0.2, 0) is 0 Å². The lowest BCUT2D eigenvalue weighted by molar-refractivity contribution is 0.530. The molecule has 54 valence electrons. The second-order valence-corrected chi connectivity index (χ2v) is 5.45. The van der Waals surface area contributed by atoms with Gasteiger partial charge in [0.25, 0.3) is 0 Å². The van der Waals surface area contributed by atoms with E-state index in [1.807, 2.05) is 0 Å². The normalized spacial score (nSPS) is 25.7. The lowest BCUT2D eigenvalue weighted by atomic mass is 10.0. The maximum absolute atomic E-state index is 3.55. The van der Waals surface area contributed by atoms with Crippen molar-refractivity contribution in [3.05, 3.63) is 0 Å². The molecule has 0 aromatic carbocycles. The second-order valence-electron chi connectivity index (χ2n) is 2.83. The van der Waals surface area contributed by atoms with E-state index in [9.17, 15) is 0 Å². The predicted octanol–water partition coefficient (Wildman–Crippen LogP) is 3.23. The molecular formula is C7H12BrI. The maximum Gasteiger partial charge on any atom is 0.0120 e. The minimum absolute atomic E-state index is 0.842. The molecule has 0 aromatic rings. The van der Waals surface area contributed by atoms with Crippen LogP contribution in [0.3, 0.4) is 0 Å². The Morgan fingerprint density at radius 1 is 1.67 bits per heavy atom. The molecular weight excluding hydrogens is 291 g/mol. The fourth-order valence-corrected chi connectivity index (χ4v) is 3.78. The van der Waals surface area contributed by atoms with Gasteiger partial charge in [-0.2, -0.15) is 0 Å². The van der Waals surface area contributed by atoms with E-state index in [0.29, 0.717) is 0 Å². The molecule has 2 unspecified atom stereocenters. The van der Waals surface area contributed by atoms with Crippen molar-refractivity contribution in [2.75, 3.05) is 5.33 Å². The number of alkyl halides is 2. The summed E-state index contributed by atoms with van der Waals surface area (Å²) in [7, 11) is 0. The Labute approximate surface area is 79.1 Å². The van der Waals surface area contributed by atoms with Crippen molar-refractivity contribution in [1.29, 1.82) is 0 Å². The number of rotatable bonds is 3. The number of halogens is 2. The molecule has 0 nitrogen and oxygen atoms in total. The minimum Gasteiger partial charge on any atom is -0.0925 e. The van der Waals surface area contributed by atoms with Crippen molar-refractivity contribution < 1.29 is 0 Å². The minimum atomic E-state index is 0.842. The lowest BCUT2D eigenvalue weighted by Gasteiger charge is -2.14. The largest absolute Gasteiger partial charge is 0.0925 e. The van der Waals surface area contributed by atoms with Gasteiger partial charge in [0.1, 0.15) is 0 Å². The van der Waals surface area contributed by atoms with Crippen LogP contribution >= 0.6 is 38.5 Å². The van der Waals surface area contributed by atoms with E-state index in [1.54, 1.807) is 0 Å². The third-order valence-electron chi connectivity index (χ3n) is 2.00. The van der Waals surface area contributed by atoms with Gasteiger partial charge in [0.2, 0.25) is 0 Å². The van der Waals surface area contributed by atoms with Crippen LogP contribution in [0.1, 0.15) is 19.8 Å². The Balaban J connectivity index is 2.28. The molecule has 1 saturated carbocycles. The Bertz CT molecular complexity index is 86.9. The molecule has 1 aliphatic rings. The summed E-state index contributed by atoms with van der Waals surface area (Å²) in [5, 5.41) is 1.20. The molecule has 0 amide bonds. The van der Waals surface area contributed by atoms with Crippen LogP contribution < -0.4 is 0 Å². The average molecular weight is 303 g/mol. The Morgan fingerprint density at radius 2 is 2.22 bits per heavy atom. The van der Waals surface area contributed by atoms with Crippen molar-refractivity contribution >= 4 is 38.5 Å². The standard InChI is InChI=1S/C7H12BrI/c1-5(9)7(4-8)6-2-3-6/h5-7H,2-4H2,1H3. The fraction of sp³-hybridized carbons (Fsp3) is 1.00. The zero-order valence-corrected chi connectivity index (χ0v) is 9.35. The summed E-state index contributed by atoms with van der Waals surface area (Å²) in [6, 6.07) is 0. The van der Waals surface area contributed by atoms with Crippen LogP contribution in [0.4, 0.5) is 0 Å². The van der Waals surface area contributed by atoms with Crippen LogP contribution in [0.15, 0.2) is 0 Å². The number of hydrogen-bond donors (Lipinski definition) is 0. The molecule has 2 atom stereocenters. The van der Waals surface area contributed by atoms with Gasteiger partial charge in [-0.3, -0.25) is 0 Å². The summed E-state index contributed by atoms with van der Waals surface area (Å²) < 4.78 is 0.842. The molecule has 0 aromatic heterocycles. The van der Waals surface area contributed by atoms with Crippen molar-refractivity contribution in [2.24, 2.45) is 11.8 Å². The zero-order chi connectivity index (χ0) is 6.85. The first-order chi connectivity index (χ1) is 4.25. The molecule has 0 bridgehead atoms. The van der Waals surface area contributed by atoms with Gasteiger partial charge >= 0.3 is 0 Å². The van der Waals surface area contributed by atoms with E-state index in [2.05, 4.69) is 45.4 Å². The molecule has 1 fully saturated rings. The molecule has 0 aliphatic heterocycles. The summed E-state index contributed by atoms with van der Waals surface area (Å²) >= 11 is 6.08. The zero-order valence-electron chi connectivity index (χ0n) is 5.61. The molecule has 0 N–H and O–H groups in total. The highest BCUT2D eigenvalue weighted by Gasteiger charge is 2.32. The maximum atomic E-state index is 3.55. The summed E-state index contributed by atoms with van der Waals surface area (Å²) in [4.78, 5) is 0. The highest BCUT2D eigenvalue weighted by molar-refractivity contribution is 14.1. The molecule has 1 rings (SSSR count). The van der Waals surface area contributed by atoms with Crippen LogP contribution in [0, 0.1) is 11.8 Å². The van der Waals surface area contributed by atoms with Gasteiger partial charge in [0, 0.05) is 9.25 Å². The first-order valence-corrected chi connectivity index (χ1v) is 5.82. The lowest BCUT2D eigenvalue weighted by Crippen LogP contribution is -2.14. The van der Waals surface area contributed by atoms with Gasteiger partial charge in [-0.1, -0.05) is 45.4 Å². The molecule has 0 spiro atoms. The molecule has 0 saturated heterocycles. The van der Waals surface area contributed by atoms with E-state index < -0.39 is 0 Å². The van der Waals surface area contributed by atoms with Crippen molar-refractivity contribution in [3.8, 4) is 0 Å². The quantitative estimate of drug-likeness (QED) is 0.555. The summed E-state index contributed by atoms with van der Waals surface area (Å²) in [5.74, 6) is 1.99. The third kappa shape index (κ3) is 2.37. The monoisotopic (exact) mass is 302 g/mol. The van der Waals surface area contributed by atoms with Gasteiger partial charge in [-0.05, 0) is 24.7 Å². The SMILES string of the molecule is CC(I)C(CBr)C1CC1. The van der Waals surface area contributed by atoms with Crippen molar-refractivity contribution in [2.45, 2.75) is 23.7 Å². The Hall–Kier alpha value is 1.21. The Kier molecular flexibility index (Phi) is 3.28. The molecule has 2 heteroatoms. The number of hydrogen-bond acceptors (Lipinski definition) is 0. The van der Waals surface area contributed by atoms with Crippen molar-refractivity contribution in [3.63, 3.8) is 0 Å². The van der Waals surface area contributed by atoms with Gasteiger partial charge in [0.05, 0.1) is 0 Å². The van der Waals surface area contributed by atoms with Crippen LogP contribution in [0.5, 0.6) is 0 Å². The van der Waals surface area contributed by atoms with Gasteiger partial charge in [-0.25, -0.2) is 0 Å². The van der Waals surface area contributed by atoms with Gasteiger partial charge < -0.3 is 0 Å². The topological polar surface area (TPSA) is 0 Å². The molecule has 0 radical (unpaired) electrons. The highest BCUT2D eigenvalue weighted by atomic mass is 127. The first-order valence-electron chi connectivity index (χ1n) is 3.45. The second kappa shape index (κ2) is 3.56. The Morgan fingerprint density at radius 3 is 2.33 bits per heavy atom. The van der Waals surface area contributed by atoms with Crippen molar-refractivity contribution in [1.82, 2.24) is 0 Å². The predicted molar refractivity (Wildman–Crippen MR) is 53.5 cm³/mol. The average Bonchev–Trinajstić information content (AvgIpc) is 2.50. The third-order valence-corrected chi connectivity index (χ3v) is 3.67. The van der Waals surface area contributed by atoms with E-state index in [-0.39, 0.29) is 0 Å². The first kappa shape index (κ1) is 8.31. The van der Waals surface area contributed by atoms with Gasteiger partial charge in [-0.15, -0.1) is 0 Å². The highest BCUT2D eigenvalue weighted by Crippen LogP contribution is 2.41. The summed E-state index contributed by atoms with van der Waals surface area (Å²) in [5.41, 5.74) is 0. The fourth-order valence-electron chi connectivity index (χ4n) is 1.15. The molecule has 9 heavy (non-hydrogen) atoms. The van der Waals surface area contributed by atoms with E-state index in [1.165, 1.54) is 18.2 Å². The summed E-state index contributed by atoms with van der Waals surface area (Å²) in [6.07, 6.45) is 2.95. The summed E-state index contributed by atoms with van der Waals surface area (Å²) in [6.45, 7) is 2.31. The van der Waals surface area contributed by atoms with Gasteiger partial charge in [0.15, 0.2) is 0 Å². The molecule has 1 aliphatic carbocycles. The van der Waals surface area contributed by atoms with Crippen LogP contribution in [0.2, 0.25) is 0 Å².